The number of carboxylic acid groups (broad SMARTS) is 1. The minimum absolute atomic E-state index is 0.234. The third-order valence-corrected chi connectivity index (χ3v) is 2.64. The van der Waals surface area contributed by atoms with E-state index in [1.807, 2.05) is 0 Å². The van der Waals surface area contributed by atoms with E-state index < -0.39 is 12.1 Å². The van der Waals surface area contributed by atoms with Crippen molar-refractivity contribution in [3.63, 3.8) is 0 Å². The highest BCUT2D eigenvalue weighted by atomic mass is 16.4. The number of hydrogen-bond acceptors (Lipinski definition) is 3. The summed E-state index contributed by atoms with van der Waals surface area (Å²) in [6.45, 7) is -0.0146. The zero-order valence-corrected chi connectivity index (χ0v) is 9.08. The van der Waals surface area contributed by atoms with Crippen molar-refractivity contribution in [1.82, 2.24) is 4.57 Å². The molecule has 2 aromatic rings. The minimum atomic E-state index is -0.963. The molecule has 1 unspecified atom stereocenters. The van der Waals surface area contributed by atoms with Gasteiger partial charge in [-0.2, -0.15) is 0 Å². The summed E-state index contributed by atoms with van der Waals surface area (Å²) in [6, 6.07) is 6.58. The van der Waals surface area contributed by atoms with Crippen LogP contribution in [0.1, 0.15) is 10.4 Å². The Morgan fingerprint density at radius 1 is 1.35 bits per heavy atom. The summed E-state index contributed by atoms with van der Waals surface area (Å²) in [4.78, 5) is 10.8. The predicted octanol–water partition coefficient (Wildman–Crippen LogP) is 0.693. The third kappa shape index (κ3) is 2.30. The molecule has 0 saturated carbocycles. The maximum absolute atomic E-state index is 10.8. The lowest BCUT2D eigenvalue weighted by Gasteiger charge is -2.09. The van der Waals surface area contributed by atoms with E-state index in [0.717, 1.165) is 10.9 Å². The highest BCUT2D eigenvalue weighted by molar-refractivity contribution is 5.93. The fraction of sp³-hybridized carbons (Fsp3) is 0.250. The van der Waals surface area contributed by atoms with Gasteiger partial charge in [0.25, 0.3) is 0 Å². The summed E-state index contributed by atoms with van der Waals surface area (Å²) in [6.07, 6.45) is 0.944. The first kappa shape index (κ1) is 11.6. The van der Waals surface area contributed by atoms with E-state index in [9.17, 15) is 9.90 Å². The number of aromatic carboxylic acids is 1. The van der Waals surface area contributed by atoms with Crippen LogP contribution in [0.15, 0.2) is 30.5 Å². The van der Waals surface area contributed by atoms with Crippen LogP contribution in [0.25, 0.3) is 10.9 Å². The Balaban J connectivity index is 2.38. The molecule has 0 saturated heterocycles. The Morgan fingerprint density at radius 3 is 2.76 bits per heavy atom. The number of fused-ring (bicyclic) bond motifs is 1. The Labute approximate surface area is 97.5 Å². The zero-order valence-electron chi connectivity index (χ0n) is 9.08. The molecule has 1 heterocycles. The van der Waals surface area contributed by atoms with Gasteiger partial charge in [0, 0.05) is 17.1 Å². The van der Waals surface area contributed by atoms with Crippen molar-refractivity contribution >= 4 is 16.9 Å². The van der Waals surface area contributed by atoms with Gasteiger partial charge in [-0.1, -0.05) is 0 Å². The Kier molecular flexibility index (Phi) is 3.12. The van der Waals surface area contributed by atoms with Crippen LogP contribution in [-0.2, 0) is 6.54 Å². The number of rotatable bonds is 4. The molecule has 0 amide bonds. The topological polar surface area (TPSA) is 82.7 Å². The van der Waals surface area contributed by atoms with Crippen LogP contribution < -0.4 is 0 Å². The summed E-state index contributed by atoms with van der Waals surface area (Å²) in [5.41, 5.74) is 1.07. The van der Waals surface area contributed by atoms with Crippen LogP contribution in [0, 0.1) is 0 Å². The van der Waals surface area contributed by atoms with Crippen molar-refractivity contribution in [3.05, 3.63) is 36.0 Å². The van der Waals surface area contributed by atoms with Gasteiger partial charge in [-0.25, -0.2) is 4.79 Å². The van der Waals surface area contributed by atoms with Gasteiger partial charge in [-0.05, 0) is 24.3 Å². The van der Waals surface area contributed by atoms with Crippen LogP contribution in [0.4, 0.5) is 0 Å². The van der Waals surface area contributed by atoms with Crippen molar-refractivity contribution in [2.24, 2.45) is 0 Å². The molecule has 2 rings (SSSR count). The standard InChI is InChI=1S/C12H13NO4/c14-7-10(15)6-13-4-3-8-5-9(12(16)17)1-2-11(8)13/h1-5,10,14-15H,6-7H2,(H,16,17). The minimum Gasteiger partial charge on any atom is -0.478 e. The van der Waals surface area contributed by atoms with E-state index in [2.05, 4.69) is 0 Å². The summed E-state index contributed by atoms with van der Waals surface area (Å²) < 4.78 is 1.78. The lowest BCUT2D eigenvalue weighted by molar-refractivity contribution is 0.0697. The van der Waals surface area contributed by atoms with Gasteiger partial charge in [-0.3, -0.25) is 0 Å². The van der Waals surface area contributed by atoms with Crippen LogP contribution in [0.3, 0.4) is 0 Å². The van der Waals surface area contributed by atoms with Gasteiger partial charge in [0.1, 0.15) is 0 Å². The first-order valence-electron chi connectivity index (χ1n) is 5.23. The number of aliphatic hydroxyl groups is 2. The zero-order chi connectivity index (χ0) is 12.4. The van der Waals surface area contributed by atoms with Crippen LogP contribution in [-0.4, -0.2) is 38.6 Å². The largest absolute Gasteiger partial charge is 0.478 e. The smallest absolute Gasteiger partial charge is 0.335 e. The molecule has 1 atom stereocenters. The van der Waals surface area contributed by atoms with Crippen LogP contribution in [0.5, 0.6) is 0 Å². The number of hydrogen-bond donors (Lipinski definition) is 3. The van der Waals surface area contributed by atoms with E-state index in [1.165, 1.54) is 6.07 Å². The van der Waals surface area contributed by atoms with Crippen LogP contribution >= 0.6 is 0 Å². The van der Waals surface area contributed by atoms with E-state index >= 15 is 0 Å². The summed E-state index contributed by atoms with van der Waals surface area (Å²) in [5.74, 6) is -0.963. The molecular formula is C12H13NO4. The van der Waals surface area contributed by atoms with Gasteiger partial charge >= 0.3 is 5.97 Å². The Bertz CT molecular complexity index is 546. The highest BCUT2D eigenvalue weighted by Crippen LogP contribution is 2.18. The molecule has 0 aliphatic heterocycles. The molecule has 5 nitrogen and oxygen atoms in total. The quantitative estimate of drug-likeness (QED) is 0.728. The number of benzene rings is 1. The van der Waals surface area contributed by atoms with E-state index in [-0.39, 0.29) is 18.7 Å². The molecule has 0 bridgehead atoms. The van der Waals surface area contributed by atoms with Gasteiger partial charge in [0.05, 0.1) is 24.8 Å². The maximum Gasteiger partial charge on any atom is 0.335 e. The predicted molar refractivity (Wildman–Crippen MR) is 62.0 cm³/mol. The molecular weight excluding hydrogens is 222 g/mol. The number of carboxylic acids is 1. The molecule has 0 spiro atoms. The monoisotopic (exact) mass is 235 g/mol. The number of nitrogens with zero attached hydrogens (tertiary/aromatic N) is 1. The van der Waals surface area contributed by atoms with Gasteiger partial charge in [-0.15, -0.1) is 0 Å². The third-order valence-electron chi connectivity index (χ3n) is 2.64. The Hall–Kier alpha value is -1.85. The molecule has 90 valence electrons. The van der Waals surface area contributed by atoms with E-state index in [0.29, 0.717) is 0 Å². The molecule has 0 aliphatic rings. The molecule has 0 fully saturated rings. The van der Waals surface area contributed by atoms with Gasteiger partial charge in [0.2, 0.25) is 0 Å². The van der Waals surface area contributed by atoms with Gasteiger partial charge in [0.15, 0.2) is 0 Å². The number of aliphatic hydroxyl groups excluding tert-OH is 2. The van der Waals surface area contributed by atoms with Crippen molar-refractivity contribution < 1.29 is 20.1 Å². The molecule has 0 radical (unpaired) electrons. The Morgan fingerprint density at radius 2 is 2.12 bits per heavy atom. The SMILES string of the molecule is O=C(O)c1ccc2c(ccn2CC(O)CO)c1. The first-order chi connectivity index (χ1) is 8.11. The van der Waals surface area contributed by atoms with Crippen LogP contribution in [0.2, 0.25) is 0 Å². The molecule has 0 aliphatic carbocycles. The summed E-state index contributed by atoms with van der Waals surface area (Å²) in [5, 5.41) is 27.8. The van der Waals surface area contributed by atoms with Crippen molar-refractivity contribution in [3.8, 4) is 0 Å². The van der Waals surface area contributed by atoms with Crippen molar-refractivity contribution in [1.29, 1.82) is 0 Å². The number of carbonyl (C=O) groups is 1. The highest BCUT2D eigenvalue weighted by Gasteiger charge is 2.09. The summed E-state index contributed by atoms with van der Waals surface area (Å²) >= 11 is 0. The van der Waals surface area contributed by atoms with E-state index in [1.54, 1.807) is 29.0 Å². The molecule has 1 aromatic heterocycles. The first-order valence-corrected chi connectivity index (χ1v) is 5.23. The lowest BCUT2D eigenvalue weighted by Crippen LogP contribution is -2.19. The maximum atomic E-state index is 10.8. The number of aromatic nitrogens is 1. The van der Waals surface area contributed by atoms with E-state index in [4.69, 9.17) is 10.2 Å². The molecule has 1 aromatic carbocycles. The van der Waals surface area contributed by atoms with Gasteiger partial charge < -0.3 is 19.9 Å². The van der Waals surface area contributed by atoms with Crippen molar-refractivity contribution in [2.45, 2.75) is 12.6 Å². The second-order valence-corrected chi connectivity index (χ2v) is 3.88. The van der Waals surface area contributed by atoms with Crippen molar-refractivity contribution in [2.75, 3.05) is 6.61 Å². The fourth-order valence-corrected chi connectivity index (χ4v) is 1.78. The lowest BCUT2D eigenvalue weighted by atomic mass is 10.1. The molecule has 3 N–H and O–H groups in total. The second kappa shape index (κ2) is 4.57. The molecule has 17 heavy (non-hydrogen) atoms. The average molecular weight is 235 g/mol. The molecule has 5 heteroatoms. The average Bonchev–Trinajstić information content (AvgIpc) is 2.71. The normalized spacial score (nSPS) is 12.8. The summed E-state index contributed by atoms with van der Waals surface area (Å²) in [7, 11) is 0. The second-order valence-electron chi connectivity index (χ2n) is 3.88. The fourth-order valence-electron chi connectivity index (χ4n) is 1.78.